The van der Waals surface area contributed by atoms with Crippen LogP contribution in [0.2, 0.25) is 0 Å². The third-order valence-electron chi connectivity index (χ3n) is 5.06. The number of fused-ring (bicyclic) bond motifs is 1. The quantitative estimate of drug-likeness (QED) is 0.291. The van der Waals surface area contributed by atoms with Gasteiger partial charge in [0.25, 0.3) is 11.8 Å². The normalized spacial score (nSPS) is 18.5. The molecule has 0 radical (unpaired) electrons. The zero-order chi connectivity index (χ0) is 21.8. The highest BCUT2D eigenvalue weighted by Crippen LogP contribution is 2.45. The van der Waals surface area contributed by atoms with Crippen LogP contribution in [0.1, 0.15) is 51.0 Å². The summed E-state index contributed by atoms with van der Waals surface area (Å²) < 4.78 is 1.29. The molecule has 2 aliphatic heterocycles. The number of hydrogen-bond acceptors (Lipinski definition) is 5. The number of aliphatic carboxylic acids is 1. The predicted octanol–water partition coefficient (Wildman–Crippen LogP) is 4.81. The number of hydrogen-bond donors (Lipinski definition) is 1. The van der Waals surface area contributed by atoms with E-state index in [0.717, 1.165) is 28.6 Å². The van der Waals surface area contributed by atoms with Crippen LogP contribution in [0.5, 0.6) is 0 Å². The lowest BCUT2D eigenvalue weighted by atomic mass is 10.1. The molecule has 1 saturated heterocycles. The van der Waals surface area contributed by atoms with E-state index in [1.54, 1.807) is 4.90 Å². The van der Waals surface area contributed by atoms with E-state index in [9.17, 15) is 14.4 Å². The van der Waals surface area contributed by atoms with Gasteiger partial charge in [-0.3, -0.25) is 19.3 Å². The van der Waals surface area contributed by atoms with Gasteiger partial charge in [0.05, 0.1) is 16.2 Å². The molecule has 1 aromatic carbocycles. The van der Waals surface area contributed by atoms with Gasteiger partial charge in [0.2, 0.25) is 0 Å². The van der Waals surface area contributed by atoms with Crippen LogP contribution in [0.15, 0.2) is 27.6 Å². The highest BCUT2D eigenvalue weighted by atomic mass is 79.9. The number of nitrogens with zero attached hydrogens (tertiary/aromatic N) is 2. The molecule has 2 amide bonds. The summed E-state index contributed by atoms with van der Waals surface area (Å²) in [6.45, 7) is 3.11. The molecule has 0 atom stereocenters. The number of amides is 2. The first-order chi connectivity index (χ1) is 14.3. The second kappa shape index (κ2) is 10.1. The maximum Gasteiger partial charge on any atom is 0.303 e. The number of carboxylic acids is 1. The van der Waals surface area contributed by atoms with Crippen molar-refractivity contribution in [1.29, 1.82) is 0 Å². The molecule has 1 N–H and O–H groups in total. The molecule has 2 heterocycles. The van der Waals surface area contributed by atoms with Crippen LogP contribution in [0, 0.1) is 0 Å². The van der Waals surface area contributed by atoms with Gasteiger partial charge in [-0.15, -0.1) is 0 Å². The maximum absolute atomic E-state index is 13.3. The molecular weight excluding hydrogens is 488 g/mol. The Morgan fingerprint density at radius 2 is 1.83 bits per heavy atom. The maximum atomic E-state index is 13.3. The zero-order valence-electron chi connectivity index (χ0n) is 16.6. The molecule has 2 aliphatic rings. The fraction of sp³-hybridized carbons (Fsp3) is 0.429. The van der Waals surface area contributed by atoms with Gasteiger partial charge in [-0.05, 0) is 37.5 Å². The van der Waals surface area contributed by atoms with Gasteiger partial charge in [0.15, 0.2) is 0 Å². The summed E-state index contributed by atoms with van der Waals surface area (Å²) in [4.78, 5) is 40.7. The second-order valence-corrected chi connectivity index (χ2v) is 9.76. The highest BCUT2D eigenvalue weighted by molar-refractivity contribution is 9.10. The predicted molar refractivity (Wildman–Crippen MR) is 126 cm³/mol. The number of carboxylic acid groups (broad SMARTS) is 1. The first-order valence-corrected chi connectivity index (χ1v) is 12.0. The van der Waals surface area contributed by atoms with E-state index in [2.05, 4.69) is 22.9 Å². The lowest BCUT2D eigenvalue weighted by Crippen LogP contribution is -2.30. The number of carbonyl (C=O) groups is 3. The summed E-state index contributed by atoms with van der Waals surface area (Å²) in [5.74, 6) is -1.21. The molecular formula is C21H23BrN2O4S2. The highest BCUT2D eigenvalue weighted by Gasteiger charge is 2.41. The Morgan fingerprint density at radius 1 is 1.10 bits per heavy atom. The summed E-state index contributed by atoms with van der Waals surface area (Å²) in [5, 5.41) is 8.73. The molecule has 1 fully saturated rings. The van der Waals surface area contributed by atoms with Crippen LogP contribution in [-0.4, -0.2) is 45.2 Å². The van der Waals surface area contributed by atoms with Crippen molar-refractivity contribution in [1.82, 2.24) is 4.90 Å². The van der Waals surface area contributed by atoms with Crippen LogP contribution < -0.4 is 4.90 Å². The van der Waals surface area contributed by atoms with Crippen molar-refractivity contribution in [3.05, 3.63) is 33.1 Å². The third kappa shape index (κ3) is 4.78. The number of carbonyl (C=O) groups excluding carboxylic acids is 2. The van der Waals surface area contributed by atoms with Gasteiger partial charge in [0.1, 0.15) is 4.32 Å². The summed E-state index contributed by atoms with van der Waals surface area (Å²) in [6, 6.07) is 5.69. The van der Waals surface area contributed by atoms with Crippen molar-refractivity contribution in [2.75, 3.05) is 18.0 Å². The van der Waals surface area contributed by atoms with E-state index in [0.29, 0.717) is 47.2 Å². The number of anilines is 1. The van der Waals surface area contributed by atoms with E-state index in [-0.39, 0.29) is 18.2 Å². The Labute approximate surface area is 193 Å². The van der Waals surface area contributed by atoms with Crippen molar-refractivity contribution in [3.63, 3.8) is 0 Å². The minimum absolute atomic E-state index is 0.121. The number of benzene rings is 1. The summed E-state index contributed by atoms with van der Waals surface area (Å²) in [6.07, 6.45) is 3.91. The average molecular weight is 511 g/mol. The number of thiocarbonyl (C=S) groups is 1. The Morgan fingerprint density at radius 3 is 2.53 bits per heavy atom. The molecule has 1 aromatic rings. The Balaban J connectivity index is 1.84. The molecule has 0 aromatic heterocycles. The van der Waals surface area contributed by atoms with E-state index in [1.165, 1.54) is 16.7 Å². The number of halogens is 1. The Hall–Kier alpha value is -1.71. The molecule has 0 saturated carbocycles. The lowest BCUT2D eigenvalue weighted by Gasteiger charge is -2.16. The van der Waals surface area contributed by atoms with E-state index in [1.807, 2.05) is 18.2 Å². The van der Waals surface area contributed by atoms with Gasteiger partial charge < -0.3 is 10.0 Å². The summed E-state index contributed by atoms with van der Waals surface area (Å²) >= 11 is 10.1. The van der Waals surface area contributed by atoms with Crippen LogP contribution in [-0.2, 0) is 14.4 Å². The number of rotatable bonds is 9. The molecule has 3 rings (SSSR count). The lowest BCUT2D eigenvalue weighted by molar-refractivity contribution is -0.137. The van der Waals surface area contributed by atoms with E-state index < -0.39 is 5.97 Å². The molecule has 0 bridgehead atoms. The topological polar surface area (TPSA) is 77.9 Å². The minimum Gasteiger partial charge on any atom is -0.481 e. The largest absolute Gasteiger partial charge is 0.481 e. The smallest absolute Gasteiger partial charge is 0.303 e. The number of unbranched alkanes of at least 4 members (excludes halogenated alkanes) is 3. The molecule has 0 aliphatic carbocycles. The fourth-order valence-corrected chi connectivity index (χ4v) is 5.27. The number of thioether (sulfide) groups is 1. The van der Waals surface area contributed by atoms with Gasteiger partial charge in [-0.1, -0.05) is 59.7 Å². The summed E-state index contributed by atoms with van der Waals surface area (Å²) in [5.41, 5.74) is 2.01. The standard InChI is InChI=1S/C21H23BrN2O4S2/c1-2-3-10-23-15-9-8-13(22)12-14(15)17(19(23)27)18-20(28)24(21(29)30-18)11-6-4-5-7-16(25)26/h8-9,12H,2-7,10-11H2,1H3,(H,25,26). The SMILES string of the molecule is CCCCN1C(=O)C(=C2SC(=S)N(CCCCCC(=O)O)C2=O)c2cc(Br)ccc21. The summed E-state index contributed by atoms with van der Waals surface area (Å²) in [7, 11) is 0. The van der Waals surface area contributed by atoms with Crippen LogP contribution in [0.4, 0.5) is 5.69 Å². The molecule has 30 heavy (non-hydrogen) atoms. The van der Waals surface area contributed by atoms with Crippen molar-refractivity contribution in [2.24, 2.45) is 0 Å². The molecule has 160 valence electrons. The van der Waals surface area contributed by atoms with Crippen LogP contribution >= 0.6 is 39.9 Å². The Bertz CT molecular complexity index is 932. The molecule has 0 unspecified atom stereocenters. The minimum atomic E-state index is -0.817. The van der Waals surface area contributed by atoms with Crippen molar-refractivity contribution < 1.29 is 19.5 Å². The molecule has 9 heteroatoms. The first-order valence-electron chi connectivity index (χ1n) is 9.96. The van der Waals surface area contributed by atoms with E-state index >= 15 is 0 Å². The van der Waals surface area contributed by atoms with Gasteiger partial charge in [-0.25, -0.2) is 0 Å². The van der Waals surface area contributed by atoms with Crippen molar-refractivity contribution in [2.45, 2.75) is 45.4 Å². The monoisotopic (exact) mass is 510 g/mol. The van der Waals surface area contributed by atoms with Crippen LogP contribution in [0.25, 0.3) is 5.57 Å². The fourth-order valence-electron chi connectivity index (χ4n) is 3.53. The van der Waals surface area contributed by atoms with Crippen molar-refractivity contribution >= 4 is 73.3 Å². The zero-order valence-corrected chi connectivity index (χ0v) is 19.9. The van der Waals surface area contributed by atoms with Gasteiger partial charge in [0, 0.05) is 29.5 Å². The Kier molecular flexibility index (Phi) is 7.70. The van der Waals surface area contributed by atoms with Gasteiger partial charge >= 0.3 is 5.97 Å². The van der Waals surface area contributed by atoms with Gasteiger partial charge in [-0.2, -0.15) is 0 Å². The van der Waals surface area contributed by atoms with E-state index in [4.69, 9.17) is 17.3 Å². The molecule has 0 spiro atoms. The molecule has 6 nitrogen and oxygen atoms in total. The van der Waals surface area contributed by atoms with Crippen molar-refractivity contribution in [3.8, 4) is 0 Å². The second-order valence-electron chi connectivity index (χ2n) is 7.21. The average Bonchev–Trinajstić information content (AvgIpc) is 3.12. The third-order valence-corrected chi connectivity index (χ3v) is 7.00. The van der Waals surface area contributed by atoms with Crippen LogP contribution in [0.3, 0.4) is 0 Å². The first kappa shape index (κ1) is 23.0.